The fourth-order valence-electron chi connectivity index (χ4n) is 3.19. The van der Waals surface area contributed by atoms with Gasteiger partial charge < -0.3 is 9.67 Å². The number of carbonyl (C=O) groups is 1. The van der Waals surface area contributed by atoms with E-state index in [1.165, 1.54) is 4.31 Å². The number of aliphatic carboxylic acids is 1. The minimum Gasteiger partial charge on any atom is -0.481 e. The molecule has 24 heavy (non-hydrogen) atoms. The Morgan fingerprint density at radius 3 is 2.75 bits per heavy atom. The van der Waals surface area contributed by atoms with Crippen molar-refractivity contribution in [2.24, 2.45) is 0 Å². The lowest BCUT2D eigenvalue weighted by atomic mass is 10.1. The number of hydrogen-bond acceptors (Lipinski definition) is 3. The van der Waals surface area contributed by atoms with Crippen LogP contribution in [0, 0.1) is 6.92 Å². The van der Waals surface area contributed by atoms with Crippen molar-refractivity contribution >= 4 is 16.0 Å². The number of nitrogens with zero attached hydrogens (tertiary/aromatic N) is 2. The lowest BCUT2D eigenvalue weighted by Gasteiger charge is -2.36. The number of hydrogen-bond donors (Lipinski definition) is 1. The maximum Gasteiger partial charge on any atom is 0.303 e. The molecule has 128 valence electrons. The number of fused-ring (bicyclic) bond motifs is 1. The van der Waals surface area contributed by atoms with Crippen LogP contribution in [-0.4, -0.2) is 34.9 Å². The minimum atomic E-state index is -3.68. The van der Waals surface area contributed by atoms with Gasteiger partial charge in [-0.05, 0) is 43.2 Å². The first-order chi connectivity index (χ1) is 11.4. The van der Waals surface area contributed by atoms with Gasteiger partial charge in [-0.1, -0.05) is 12.1 Å². The zero-order chi connectivity index (χ0) is 17.3. The number of carboxylic acids is 1. The highest BCUT2D eigenvalue weighted by Gasteiger charge is 2.36. The molecule has 1 aromatic heterocycles. The maximum absolute atomic E-state index is 13.1. The van der Waals surface area contributed by atoms with E-state index in [-0.39, 0.29) is 17.7 Å². The van der Waals surface area contributed by atoms with Gasteiger partial charge in [-0.3, -0.25) is 4.79 Å². The predicted molar refractivity (Wildman–Crippen MR) is 89.1 cm³/mol. The third kappa shape index (κ3) is 3.09. The summed E-state index contributed by atoms with van der Waals surface area (Å²) in [6, 6.07) is 10.1. The molecule has 1 unspecified atom stereocenters. The van der Waals surface area contributed by atoms with E-state index < -0.39 is 22.0 Å². The van der Waals surface area contributed by atoms with Gasteiger partial charge in [0.25, 0.3) is 0 Å². The second-order valence-electron chi connectivity index (χ2n) is 6.01. The Labute approximate surface area is 141 Å². The number of aryl methyl sites for hydroxylation is 1. The molecule has 6 nitrogen and oxygen atoms in total. The van der Waals surface area contributed by atoms with Crippen LogP contribution in [0.1, 0.15) is 30.1 Å². The molecule has 1 aromatic carbocycles. The van der Waals surface area contributed by atoms with Gasteiger partial charge in [0.1, 0.15) is 0 Å². The molecular weight excluding hydrogens is 328 g/mol. The zero-order valence-electron chi connectivity index (χ0n) is 13.4. The number of benzene rings is 1. The summed E-state index contributed by atoms with van der Waals surface area (Å²) < 4.78 is 29.6. The molecule has 7 heteroatoms. The molecule has 0 spiro atoms. The first-order valence-corrected chi connectivity index (χ1v) is 9.29. The van der Waals surface area contributed by atoms with Crippen LogP contribution < -0.4 is 0 Å². The monoisotopic (exact) mass is 348 g/mol. The molecule has 3 rings (SSSR count). The van der Waals surface area contributed by atoms with E-state index in [1.54, 1.807) is 18.2 Å². The van der Waals surface area contributed by atoms with Gasteiger partial charge in [0.2, 0.25) is 10.0 Å². The minimum absolute atomic E-state index is 0.0737. The molecule has 0 amide bonds. The second kappa shape index (κ2) is 6.41. The fourth-order valence-corrected chi connectivity index (χ4v) is 4.92. The zero-order valence-corrected chi connectivity index (χ0v) is 14.2. The molecule has 1 atom stereocenters. The number of rotatable bonds is 5. The third-order valence-electron chi connectivity index (χ3n) is 4.34. The summed E-state index contributed by atoms with van der Waals surface area (Å²) in [6.45, 7) is 2.75. The molecular formula is C17H20N2O4S. The molecule has 0 fully saturated rings. The maximum atomic E-state index is 13.1. The van der Waals surface area contributed by atoms with E-state index in [1.807, 2.05) is 35.9 Å². The van der Waals surface area contributed by atoms with Crippen molar-refractivity contribution in [1.82, 2.24) is 8.87 Å². The molecule has 0 aliphatic carbocycles. The lowest BCUT2D eigenvalue weighted by molar-refractivity contribution is -0.137. The van der Waals surface area contributed by atoms with Crippen LogP contribution in [0.5, 0.6) is 0 Å². The van der Waals surface area contributed by atoms with Gasteiger partial charge in [-0.2, -0.15) is 4.31 Å². The SMILES string of the molecule is Cc1cccc(S(=O)(=O)N2CCn3cccc3C2CCC(=O)O)c1. The van der Waals surface area contributed by atoms with E-state index in [0.717, 1.165) is 11.3 Å². The van der Waals surface area contributed by atoms with Crippen molar-refractivity contribution < 1.29 is 18.3 Å². The molecule has 1 N–H and O–H groups in total. The predicted octanol–water partition coefficient (Wildman–Crippen LogP) is 2.41. The van der Waals surface area contributed by atoms with Crippen LogP contribution in [0.4, 0.5) is 0 Å². The Morgan fingerprint density at radius 2 is 2.04 bits per heavy atom. The van der Waals surface area contributed by atoms with Crippen LogP contribution in [0.3, 0.4) is 0 Å². The third-order valence-corrected chi connectivity index (χ3v) is 6.25. The fraction of sp³-hybridized carbons (Fsp3) is 0.353. The van der Waals surface area contributed by atoms with Crippen LogP contribution in [-0.2, 0) is 21.4 Å². The van der Waals surface area contributed by atoms with Gasteiger partial charge in [0.15, 0.2) is 0 Å². The van der Waals surface area contributed by atoms with Gasteiger partial charge in [-0.15, -0.1) is 0 Å². The summed E-state index contributed by atoms with van der Waals surface area (Å²) in [7, 11) is -3.68. The van der Waals surface area contributed by atoms with Crippen molar-refractivity contribution in [1.29, 1.82) is 0 Å². The average molecular weight is 348 g/mol. The van der Waals surface area contributed by atoms with Crippen LogP contribution >= 0.6 is 0 Å². The molecule has 0 bridgehead atoms. The van der Waals surface area contributed by atoms with E-state index in [0.29, 0.717) is 13.1 Å². The summed E-state index contributed by atoms with van der Waals surface area (Å²) in [5.41, 5.74) is 1.72. The van der Waals surface area contributed by atoms with Crippen LogP contribution in [0.25, 0.3) is 0 Å². The quantitative estimate of drug-likeness (QED) is 0.900. The molecule has 1 aliphatic rings. The largest absolute Gasteiger partial charge is 0.481 e. The Balaban J connectivity index is 2.00. The summed E-state index contributed by atoms with van der Waals surface area (Å²) in [6.07, 6.45) is 2.08. The van der Waals surface area contributed by atoms with Crippen molar-refractivity contribution in [3.05, 3.63) is 53.9 Å². The van der Waals surface area contributed by atoms with E-state index in [2.05, 4.69) is 0 Å². The Hall–Kier alpha value is -2.12. The molecule has 0 saturated heterocycles. The number of sulfonamides is 1. The van der Waals surface area contributed by atoms with Crippen LogP contribution in [0.15, 0.2) is 47.5 Å². The Kier molecular flexibility index (Phi) is 4.47. The van der Waals surface area contributed by atoms with Crippen molar-refractivity contribution in [2.45, 2.75) is 37.2 Å². The lowest BCUT2D eigenvalue weighted by Crippen LogP contribution is -2.42. The summed E-state index contributed by atoms with van der Waals surface area (Å²) >= 11 is 0. The van der Waals surface area contributed by atoms with Crippen LogP contribution in [0.2, 0.25) is 0 Å². The van der Waals surface area contributed by atoms with Gasteiger partial charge in [-0.25, -0.2) is 8.42 Å². The van der Waals surface area contributed by atoms with E-state index >= 15 is 0 Å². The molecule has 2 aromatic rings. The van der Waals surface area contributed by atoms with E-state index in [4.69, 9.17) is 5.11 Å². The number of aromatic nitrogens is 1. The Bertz CT molecular complexity index is 857. The van der Waals surface area contributed by atoms with Crippen molar-refractivity contribution in [2.75, 3.05) is 6.54 Å². The Morgan fingerprint density at radius 1 is 1.25 bits per heavy atom. The molecule has 0 radical (unpaired) electrons. The number of carboxylic acid groups (broad SMARTS) is 1. The van der Waals surface area contributed by atoms with Gasteiger partial charge >= 0.3 is 5.97 Å². The molecule has 2 heterocycles. The molecule has 1 aliphatic heterocycles. The summed E-state index contributed by atoms with van der Waals surface area (Å²) in [5.74, 6) is -0.924. The van der Waals surface area contributed by atoms with Crippen molar-refractivity contribution in [3.8, 4) is 0 Å². The van der Waals surface area contributed by atoms with Gasteiger partial charge in [0, 0.05) is 31.4 Å². The summed E-state index contributed by atoms with van der Waals surface area (Å²) in [5, 5.41) is 9.01. The van der Waals surface area contributed by atoms with E-state index in [9.17, 15) is 13.2 Å². The second-order valence-corrected chi connectivity index (χ2v) is 7.90. The highest BCUT2D eigenvalue weighted by atomic mass is 32.2. The average Bonchev–Trinajstić information content (AvgIpc) is 3.01. The smallest absolute Gasteiger partial charge is 0.303 e. The highest BCUT2D eigenvalue weighted by molar-refractivity contribution is 7.89. The molecule has 0 saturated carbocycles. The normalized spacial score (nSPS) is 18.3. The first-order valence-electron chi connectivity index (χ1n) is 7.85. The first kappa shape index (κ1) is 16.7. The highest BCUT2D eigenvalue weighted by Crippen LogP contribution is 2.34. The topological polar surface area (TPSA) is 79.6 Å². The summed E-state index contributed by atoms with van der Waals surface area (Å²) in [4.78, 5) is 11.2. The van der Waals surface area contributed by atoms with Crippen molar-refractivity contribution in [3.63, 3.8) is 0 Å². The standard InChI is InChI=1S/C17H20N2O4S/c1-13-4-2-5-14(12-13)24(22,23)19-11-10-18-9-3-6-15(18)16(19)7-8-17(20)21/h2-6,9,12,16H,7-8,10-11H2,1H3,(H,20,21). The van der Waals surface area contributed by atoms with Gasteiger partial charge in [0.05, 0.1) is 10.9 Å².